The Morgan fingerprint density at radius 3 is 1.54 bits per heavy atom. The number of rotatable bonds is 4. The molecule has 2 N–H and O–H groups in total. The Kier molecular flexibility index (Phi) is 6.95. The molecule has 0 saturated heterocycles. The lowest BCUT2D eigenvalue weighted by Gasteiger charge is -2.19. The summed E-state index contributed by atoms with van der Waals surface area (Å²) < 4.78 is 0. The minimum absolute atomic E-state index is 0.255. The summed E-state index contributed by atoms with van der Waals surface area (Å²) in [5, 5.41) is 8.55. The average Bonchev–Trinajstić information content (AvgIpc) is 2.70. The highest BCUT2D eigenvalue weighted by molar-refractivity contribution is 5.99. The first-order valence-electron chi connectivity index (χ1n) is 10.3. The van der Waals surface area contributed by atoms with Crippen molar-refractivity contribution >= 4 is 23.2 Å². The Morgan fingerprint density at radius 2 is 1.18 bits per heavy atom. The van der Waals surface area contributed by atoms with Crippen molar-refractivity contribution in [2.45, 2.75) is 65.2 Å². The van der Waals surface area contributed by atoms with Gasteiger partial charge in [-0.05, 0) is 87.5 Å². The van der Waals surface area contributed by atoms with E-state index in [2.05, 4.69) is 34.9 Å². The van der Waals surface area contributed by atoms with Crippen LogP contribution in [0.2, 0.25) is 0 Å². The molecule has 2 unspecified atom stereocenters. The van der Waals surface area contributed by atoms with E-state index in [1.807, 2.05) is 0 Å². The van der Waals surface area contributed by atoms with Crippen LogP contribution in [0.25, 0.3) is 0 Å². The van der Waals surface area contributed by atoms with Crippen molar-refractivity contribution in [3.05, 3.63) is 35.4 Å². The molecule has 150 valence electrons. The Morgan fingerprint density at radius 1 is 0.786 bits per heavy atom. The van der Waals surface area contributed by atoms with Gasteiger partial charge in [0.2, 0.25) is 0 Å². The molecule has 1 aromatic rings. The Labute approximate surface area is 166 Å². The van der Waals surface area contributed by atoms with Crippen molar-refractivity contribution in [1.82, 2.24) is 10.9 Å². The fourth-order valence-electron chi connectivity index (χ4n) is 3.89. The van der Waals surface area contributed by atoms with Gasteiger partial charge in [0, 0.05) is 22.6 Å². The van der Waals surface area contributed by atoms with Crippen LogP contribution in [0.1, 0.15) is 85.9 Å². The smallest absolute Gasteiger partial charge is 0.267 e. The van der Waals surface area contributed by atoms with Gasteiger partial charge in [0.15, 0.2) is 0 Å². The van der Waals surface area contributed by atoms with Gasteiger partial charge in [-0.3, -0.25) is 9.59 Å². The molecule has 0 bridgehead atoms. The predicted octanol–water partition coefficient (Wildman–Crippen LogP) is 4.28. The van der Waals surface area contributed by atoms with Crippen LogP contribution in [0.15, 0.2) is 34.5 Å². The number of carbonyl (C=O) groups is 2. The van der Waals surface area contributed by atoms with Crippen LogP contribution in [0, 0.1) is 11.8 Å². The molecule has 28 heavy (non-hydrogen) atoms. The van der Waals surface area contributed by atoms with Crippen molar-refractivity contribution in [3.63, 3.8) is 0 Å². The molecule has 1 aromatic carbocycles. The zero-order valence-electron chi connectivity index (χ0n) is 16.8. The first kappa shape index (κ1) is 20.2. The van der Waals surface area contributed by atoms with E-state index >= 15 is 0 Å². The van der Waals surface area contributed by atoms with E-state index in [4.69, 9.17) is 0 Å². The molecule has 0 spiro atoms. The Bertz CT molecular complexity index is 702. The first-order valence-corrected chi connectivity index (χ1v) is 10.3. The second-order valence-corrected chi connectivity index (χ2v) is 8.22. The Balaban J connectivity index is 1.53. The maximum absolute atomic E-state index is 12.3. The molecule has 2 atom stereocenters. The van der Waals surface area contributed by atoms with Gasteiger partial charge in [-0.25, -0.2) is 10.9 Å². The maximum atomic E-state index is 12.3. The number of amides is 2. The summed E-state index contributed by atoms with van der Waals surface area (Å²) in [4.78, 5) is 24.5. The van der Waals surface area contributed by atoms with Crippen LogP contribution in [0.3, 0.4) is 0 Å². The fraction of sp³-hybridized carbons (Fsp3) is 0.545. The van der Waals surface area contributed by atoms with E-state index in [-0.39, 0.29) is 11.8 Å². The lowest BCUT2D eigenvalue weighted by atomic mass is 9.89. The molecule has 3 rings (SSSR count). The van der Waals surface area contributed by atoms with Crippen LogP contribution in [0.4, 0.5) is 0 Å². The molecule has 0 heterocycles. The lowest BCUT2D eigenvalue weighted by Crippen LogP contribution is -2.23. The zero-order valence-corrected chi connectivity index (χ0v) is 16.8. The lowest BCUT2D eigenvalue weighted by molar-refractivity contribution is 0.0942. The van der Waals surface area contributed by atoms with Crippen molar-refractivity contribution in [2.75, 3.05) is 0 Å². The second kappa shape index (κ2) is 9.62. The summed E-state index contributed by atoms with van der Waals surface area (Å²) in [5.41, 5.74) is 8.35. The largest absolute Gasteiger partial charge is 0.271 e. The SMILES string of the molecule is CC1CCC/C(=N/NC(=O)c2ccc(C(=O)N/N=C3\CCCC(C)C3)cc2)C1. The van der Waals surface area contributed by atoms with Gasteiger partial charge in [-0.15, -0.1) is 0 Å². The third kappa shape index (κ3) is 5.75. The standard InChI is InChI=1S/C22H30N4O2/c1-15-5-3-7-19(13-15)23-25-21(27)17-9-11-18(12-10-17)22(28)26-24-20-8-4-6-16(2)14-20/h9-12,15-16H,3-8,13-14H2,1-2H3,(H,25,27)(H,26,28)/b23-19-,24-20+. The number of hydrazone groups is 2. The summed E-state index contributed by atoms with van der Waals surface area (Å²) in [6.07, 6.45) is 8.49. The monoisotopic (exact) mass is 382 g/mol. The summed E-state index contributed by atoms with van der Waals surface area (Å²) in [7, 11) is 0. The van der Waals surface area contributed by atoms with Crippen molar-refractivity contribution in [3.8, 4) is 0 Å². The molecule has 6 nitrogen and oxygen atoms in total. The van der Waals surface area contributed by atoms with E-state index in [1.165, 1.54) is 12.8 Å². The number of nitrogens with zero attached hydrogens (tertiary/aromatic N) is 2. The fourth-order valence-corrected chi connectivity index (χ4v) is 3.89. The molecule has 2 aliphatic carbocycles. The summed E-state index contributed by atoms with van der Waals surface area (Å²) in [6.45, 7) is 4.42. The molecular formula is C22H30N4O2. The van der Waals surface area contributed by atoms with Gasteiger partial charge in [-0.1, -0.05) is 13.8 Å². The number of carbonyl (C=O) groups excluding carboxylic acids is 2. The third-order valence-corrected chi connectivity index (χ3v) is 5.53. The highest BCUT2D eigenvalue weighted by Gasteiger charge is 2.16. The van der Waals surface area contributed by atoms with Gasteiger partial charge in [0.1, 0.15) is 0 Å². The van der Waals surface area contributed by atoms with E-state index in [1.54, 1.807) is 24.3 Å². The zero-order chi connectivity index (χ0) is 19.9. The minimum Gasteiger partial charge on any atom is -0.267 e. The highest BCUT2D eigenvalue weighted by Crippen LogP contribution is 2.21. The van der Waals surface area contributed by atoms with E-state index in [0.717, 1.165) is 49.9 Å². The van der Waals surface area contributed by atoms with Gasteiger partial charge < -0.3 is 0 Å². The summed E-state index contributed by atoms with van der Waals surface area (Å²) >= 11 is 0. The van der Waals surface area contributed by atoms with Crippen LogP contribution in [-0.4, -0.2) is 23.2 Å². The van der Waals surface area contributed by atoms with Crippen LogP contribution in [-0.2, 0) is 0 Å². The van der Waals surface area contributed by atoms with Crippen LogP contribution >= 0.6 is 0 Å². The number of benzene rings is 1. The summed E-state index contributed by atoms with van der Waals surface area (Å²) in [5.74, 6) is 0.744. The highest BCUT2D eigenvalue weighted by atomic mass is 16.2. The number of hydrogen-bond donors (Lipinski definition) is 2. The minimum atomic E-state index is -0.255. The van der Waals surface area contributed by atoms with Gasteiger partial charge in [0.25, 0.3) is 11.8 Å². The van der Waals surface area contributed by atoms with Crippen molar-refractivity contribution in [1.29, 1.82) is 0 Å². The van der Waals surface area contributed by atoms with Gasteiger partial charge >= 0.3 is 0 Å². The van der Waals surface area contributed by atoms with Crippen molar-refractivity contribution < 1.29 is 9.59 Å². The molecule has 0 radical (unpaired) electrons. The molecule has 2 aliphatic rings. The second-order valence-electron chi connectivity index (χ2n) is 8.22. The molecule has 2 fully saturated rings. The van der Waals surface area contributed by atoms with E-state index < -0.39 is 0 Å². The topological polar surface area (TPSA) is 82.9 Å². The predicted molar refractivity (Wildman–Crippen MR) is 112 cm³/mol. The van der Waals surface area contributed by atoms with Gasteiger partial charge in [0.05, 0.1) is 0 Å². The first-order chi connectivity index (χ1) is 13.5. The van der Waals surface area contributed by atoms with Gasteiger partial charge in [-0.2, -0.15) is 10.2 Å². The summed E-state index contributed by atoms with van der Waals surface area (Å²) in [6, 6.07) is 6.57. The number of nitrogens with one attached hydrogen (secondary N) is 2. The molecular weight excluding hydrogens is 352 g/mol. The van der Waals surface area contributed by atoms with Crippen LogP contribution in [0.5, 0.6) is 0 Å². The molecule has 2 amide bonds. The van der Waals surface area contributed by atoms with E-state index in [0.29, 0.717) is 23.0 Å². The third-order valence-electron chi connectivity index (χ3n) is 5.53. The molecule has 2 saturated carbocycles. The van der Waals surface area contributed by atoms with Crippen molar-refractivity contribution in [2.24, 2.45) is 22.0 Å². The van der Waals surface area contributed by atoms with Crippen LogP contribution < -0.4 is 10.9 Å². The molecule has 0 aromatic heterocycles. The Hall–Kier alpha value is -2.50. The van der Waals surface area contributed by atoms with E-state index in [9.17, 15) is 9.59 Å². The molecule has 0 aliphatic heterocycles. The molecule has 6 heteroatoms. The number of hydrogen-bond acceptors (Lipinski definition) is 4. The average molecular weight is 383 g/mol. The maximum Gasteiger partial charge on any atom is 0.271 e. The quantitative estimate of drug-likeness (QED) is 0.762. The normalized spacial score (nSPS) is 25.5.